The summed E-state index contributed by atoms with van der Waals surface area (Å²) in [5.74, 6) is 5.86. The number of hydrazine groups is 1. The topological polar surface area (TPSA) is 63.8 Å². The van der Waals surface area contributed by atoms with Gasteiger partial charge in [0.2, 0.25) is 0 Å². The number of nitrogens with two attached hydrogens (primary N) is 1. The van der Waals surface area contributed by atoms with Gasteiger partial charge in [0, 0.05) is 10.4 Å². The predicted molar refractivity (Wildman–Crippen MR) is 52.4 cm³/mol. The zero-order valence-corrected chi connectivity index (χ0v) is 7.42. The number of halogens is 1. The number of fused-ring (bicyclic) bond motifs is 1. The van der Waals surface area contributed by atoms with Gasteiger partial charge in [-0.05, 0) is 18.2 Å². The van der Waals surface area contributed by atoms with Crippen molar-refractivity contribution in [3.05, 3.63) is 29.5 Å². The lowest BCUT2D eigenvalue weighted by atomic mass is 10.2. The molecule has 13 heavy (non-hydrogen) atoms. The molecule has 5 heteroatoms. The third kappa shape index (κ3) is 1.41. The number of benzene rings is 1. The van der Waals surface area contributed by atoms with Crippen molar-refractivity contribution in [2.45, 2.75) is 0 Å². The molecule has 1 aromatic heterocycles. The predicted octanol–water partition coefficient (Wildman–Crippen LogP) is 1.57. The highest BCUT2D eigenvalue weighted by Crippen LogP contribution is 2.21. The van der Waals surface area contributed by atoms with Crippen LogP contribution in [0.15, 0.2) is 24.5 Å². The average molecular weight is 195 g/mol. The van der Waals surface area contributed by atoms with E-state index in [1.807, 2.05) is 6.07 Å². The number of nitrogens with one attached hydrogen (secondary N) is 1. The summed E-state index contributed by atoms with van der Waals surface area (Å²) in [4.78, 5) is 8.03. The Balaban J connectivity index is 2.79. The molecular weight excluding hydrogens is 188 g/mol. The minimum absolute atomic E-state index is 0.576. The van der Waals surface area contributed by atoms with E-state index in [1.165, 1.54) is 6.33 Å². The molecule has 0 saturated carbocycles. The second-order valence-electron chi connectivity index (χ2n) is 2.53. The van der Waals surface area contributed by atoms with E-state index < -0.39 is 0 Å². The molecule has 0 aliphatic carbocycles. The van der Waals surface area contributed by atoms with Crippen LogP contribution in [0.25, 0.3) is 10.9 Å². The van der Waals surface area contributed by atoms with Gasteiger partial charge in [-0.3, -0.25) is 0 Å². The molecular formula is C8H7ClN4. The monoisotopic (exact) mass is 194 g/mol. The standard InChI is InChI=1S/C8H7ClN4/c9-5-1-2-7-6(3-5)8(13-10)12-4-11-7/h1-4H,10H2,(H,11,12,13). The summed E-state index contributed by atoms with van der Waals surface area (Å²) in [5.41, 5.74) is 3.30. The van der Waals surface area contributed by atoms with Gasteiger partial charge in [0.1, 0.15) is 6.33 Å². The van der Waals surface area contributed by atoms with Crippen LogP contribution in [0.5, 0.6) is 0 Å². The van der Waals surface area contributed by atoms with Gasteiger partial charge in [-0.2, -0.15) is 0 Å². The van der Waals surface area contributed by atoms with Crippen LogP contribution in [-0.4, -0.2) is 9.97 Å². The summed E-state index contributed by atoms with van der Waals surface area (Å²) < 4.78 is 0. The Labute approximate surface area is 79.7 Å². The molecule has 1 aromatic carbocycles. The lowest BCUT2D eigenvalue weighted by Crippen LogP contribution is -2.09. The summed E-state index contributed by atoms with van der Waals surface area (Å²) in [7, 11) is 0. The third-order valence-electron chi connectivity index (χ3n) is 1.73. The van der Waals surface area contributed by atoms with Crippen molar-refractivity contribution in [2.24, 2.45) is 5.84 Å². The Hall–Kier alpha value is -1.39. The highest BCUT2D eigenvalue weighted by Gasteiger charge is 2.01. The Morgan fingerprint density at radius 3 is 2.92 bits per heavy atom. The molecule has 0 aliphatic rings. The number of nitrogens with zero attached hydrogens (tertiary/aromatic N) is 2. The number of rotatable bonds is 1. The van der Waals surface area contributed by atoms with Gasteiger partial charge in [0.15, 0.2) is 5.82 Å². The molecule has 0 amide bonds. The summed E-state index contributed by atoms with van der Waals surface area (Å²) in [5, 5.41) is 1.45. The van der Waals surface area contributed by atoms with Gasteiger partial charge in [-0.1, -0.05) is 11.6 Å². The molecule has 0 fully saturated rings. The molecule has 0 radical (unpaired) electrons. The van der Waals surface area contributed by atoms with Crippen LogP contribution < -0.4 is 11.3 Å². The molecule has 66 valence electrons. The van der Waals surface area contributed by atoms with Gasteiger partial charge >= 0.3 is 0 Å². The van der Waals surface area contributed by atoms with Gasteiger partial charge in [-0.25, -0.2) is 15.8 Å². The second-order valence-corrected chi connectivity index (χ2v) is 2.96. The first-order valence-corrected chi connectivity index (χ1v) is 4.06. The first-order chi connectivity index (χ1) is 6.31. The summed E-state index contributed by atoms with van der Waals surface area (Å²) in [6.45, 7) is 0. The van der Waals surface area contributed by atoms with Crippen molar-refractivity contribution in [1.82, 2.24) is 9.97 Å². The lowest BCUT2D eigenvalue weighted by Gasteiger charge is -2.02. The minimum atomic E-state index is 0.576. The van der Waals surface area contributed by atoms with Crippen LogP contribution in [0, 0.1) is 0 Å². The Bertz CT molecular complexity index is 443. The van der Waals surface area contributed by atoms with Crippen LogP contribution >= 0.6 is 11.6 Å². The summed E-state index contributed by atoms with van der Waals surface area (Å²) in [6.07, 6.45) is 1.45. The number of hydrogen-bond donors (Lipinski definition) is 2. The maximum absolute atomic E-state index is 5.82. The van der Waals surface area contributed by atoms with Crippen molar-refractivity contribution < 1.29 is 0 Å². The fraction of sp³-hybridized carbons (Fsp3) is 0. The van der Waals surface area contributed by atoms with E-state index in [-0.39, 0.29) is 0 Å². The van der Waals surface area contributed by atoms with Crippen LogP contribution in [0.2, 0.25) is 5.02 Å². The second kappa shape index (κ2) is 3.16. The minimum Gasteiger partial charge on any atom is -0.308 e. The van der Waals surface area contributed by atoms with Gasteiger partial charge < -0.3 is 5.43 Å². The normalized spacial score (nSPS) is 10.3. The van der Waals surface area contributed by atoms with E-state index in [1.54, 1.807) is 12.1 Å². The van der Waals surface area contributed by atoms with Crippen LogP contribution in [0.4, 0.5) is 5.82 Å². The largest absolute Gasteiger partial charge is 0.308 e. The van der Waals surface area contributed by atoms with E-state index in [2.05, 4.69) is 15.4 Å². The highest BCUT2D eigenvalue weighted by atomic mass is 35.5. The van der Waals surface area contributed by atoms with Crippen molar-refractivity contribution >= 4 is 28.3 Å². The van der Waals surface area contributed by atoms with Gasteiger partial charge in [0.05, 0.1) is 5.52 Å². The number of aromatic nitrogens is 2. The van der Waals surface area contributed by atoms with Crippen LogP contribution in [0.1, 0.15) is 0 Å². The van der Waals surface area contributed by atoms with Crippen molar-refractivity contribution in [3.8, 4) is 0 Å². The average Bonchev–Trinajstić information content (AvgIpc) is 2.17. The maximum atomic E-state index is 5.82. The SMILES string of the molecule is NNc1ncnc2ccc(Cl)cc12. The fourth-order valence-electron chi connectivity index (χ4n) is 1.14. The zero-order chi connectivity index (χ0) is 9.26. The van der Waals surface area contributed by atoms with Crippen LogP contribution in [0.3, 0.4) is 0 Å². The molecule has 0 spiro atoms. The number of nitrogen functional groups attached to an aromatic ring is 1. The summed E-state index contributed by atoms with van der Waals surface area (Å²) in [6, 6.07) is 5.36. The smallest absolute Gasteiger partial charge is 0.151 e. The van der Waals surface area contributed by atoms with E-state index in [0.717, 1.165) is 10.9 Å². The molecule has 2 rings (SSSR count). The van der Waals surface area contributed by atoms with Crippen molar-refractivity contribution in [2.75, 3.05) is 5.43 Å². The molecule has 4 nitrogen and oxygen atoms in total. The van der Waals surface area contributed by atoms with E-state index in [4.69, 9.17) is 17.4 Å². The quantitative estimate of drug-likeness (QED) is 0.534. The summed E-state index contributed by atoms with van der Waals surface area (Å²) >= 11 is 5.82. The first-order valence-electron chi connectivity index (χ1n) is 3.68. The molecule has 2 aromatic rings. The number of anilines is 1. The van der Waals surface area contributed by atoms with E-state index in [9.17, 15) is 0 Å². The van der Waals surface area contributed by atoms with Crippen molar-refractivity contribution in [3.63, 3.8) is 0 Å². The van der Waals surface area contributed by atoms with Gasteiger partial charge in [0.25, 0.3) is 0 Å². The highest BCUT2D eigenvalue weighted by molar-refractivity contribution is 6.31. The molecule has 0 aliphatic heterocycles. The fourth-order valence-corrected chi connectivity index (χ4v) is 1.32. The first kappa shape index (κ1) is 8.22. The molecule has 3 N–H and O–H groups in total. The number of hydrogen-bond acceptors (Lipinski definition) is 4. The molecule has 0 atom stereocenters. The molecule has 0 unspecified atom stereocenters. The molecule has 0 bridgehead atoms. The van der Waals surface area contributed by atoms with E-state index in [0.29, 0.717) is 10.8 Å². The van der Waals surface area contributed by atoms with Gasteiger partial charge in [-0.15, -0.1) is 0 Å². The lowest BCUT2D eigenvalue weighted by molar-refractivity contribution is 1.18. The Morgan fingerprint density at radius 2 is 2.15 bits per heavy atom. The van der Waals surface area contributed by atoms with Crippen LogP contribution in [-0.2, 0) is 0 Å². The van der Waals surface area contributed by atoms with E-state index >= 15 is 0 Å². The zero-order valence-electron chi connectivity index (χ0n) is 6.66. The Kier molecular flexibility index (Phi) is 2.00. The molecule has 0 saturated heterocycles. The van der Waals surface area contributed by atoms with Crippen molar-refractivity contribution in [1.29, 1.82) is 0 Å². The Morgan fingerprint density at radius 1 is 1.31 bits per heavy atom. The maximum Gasteiger partial charge on any atom is 0.151 e. The molecule has 1 heterocycles. The third-order valence-corrected chi connectivity index (χ3v) is 1.97.